The zero-order chi connectivity index (χ0) is 31.4. The minimum Gasteiger partial charge on any atom is -0.478 e. The van der Waals surface area contributed by atoms with Crippen molar-refractivity contribution in [1.82, 2.24) is 9.55 Å². The van der Waals surface area contributed by atoms with Gasteiger partial charge in [-0.15, -0.1) is 0 Å². The van der Waals surface area contributed by atoms with Gasteiger partial charge in [0.2, 0.25) is 0 Å². The van der Waals surface area contributed by atoms with Gasteiger partial charge in [0.05, 0.1) is 16.3 Å². The van der Waals surface area contributed by atoms with Crippen LogP contribution in [0, 0.1) is 5.82 Å². The van der Waals surface area contributed by atoms with E-state index in [0.717, 1.165) is 27.8 Å². The highest BCUT2D eigenvalue weighted by molar-refractivity contribution is 7.86. The summed E-state index contributed by atoms with van der Waals surface area (Å²) >= 11 is 12.6. The number of carboxylic acids is 1. The quantitative estimate of drug-likeness (QED) is 0.117. The fourth-order valence-electron chi connectivity index (χ4n) is 4.46. The van der Waals surface area contributed by atoms with E-state index in [0.29, 0.717) is 28.1 Å². The Kier molecular flexibility index (Phi) is 9.64. The van der Waals surface area contributed by atoms with Crippen LogP contribution in [-0.4, -0.2) is 25.9 Å². The second-order valence-electron chi connectivity index (χ2n) is 10.4. The van der Waals surface area contributed by atoms with E-state index in [2.05, 4.69) is 4.72 Å². The van der Waals surface area contributed by atoms with Crippen LogP contribution < -0.4 is 4.72 Å². The van der Waals surface area contributed by atoms with Crippen LogP contribution >= 0.6 is 23.2 Å². The zero-order valence-electron chi connectivity index (χ0n) is 23.8. The van der Waals surface area contributed by atoms with Gasteiger partial charge < -0.3 is 9.67 Å². The third-order valence-electron chi connectivity index (χ3n) is 6.90. The third kappa shape index (κ3) is 7.45. The molecule has 4 aromatic carbocycles. The second-order valence-corrected chi connectivity index (χ2v) is 13.2. The number of aromatic nitrogens is 2. The van der Waals surface area contributed by atoms with Crippen LogP contribution in [0.15, 0.2) is 91.1 Å². The summed E-state index contributed by atoms with van der Waals surface area (Å²) in [5.41, 5.74) is 5.35. The number of nitrogens with one attached hydrogen (secondary N) is 1. The van der Waals surface area contributed by atoms with Gasteiger partial charge in [0.25, 0.3) is 0 Å². The lowest BCUT2D eigenvalue weighted by Crippen LogP contribution is -2.14. The van der Waals surface area contributed by atoms with E-state index >= 15 is 0 Å². The number of nitrogens with zero attached hydrogens (tertiary/aromatic N) is 2. The highest BCUT2D eigenvalue weighted by atomic mass is 35.5. The Morgan fingerprint density at radius 2 is 1.68 bits per heavy atom. The molecule has 0 saturated carbocycles. The number of aromatic carboxylic acids is 1. The van der Waals surface area contributed by atoms with E-state index in [4.69, 9.17) is 28.2 Å². The SMILES string of the molecule is CC(C)[SH+](=O)Nc1cc(-c2ccc(/C=C/c3nc(-c4ccc(Cl)cc4Cl)cn3Cc3ccc(C(=O)O)cc3)cc2)ccc1F. The highest BCUT2D eigenvalue weighted by Crippen LogP contribution is 2.31. The molecule has 1 unspecified atom stereocenters. The summed E-state index contributed by atoms with van der Waals surface area (Å²) in [6, 6.07) is 24.5. The first-order valence-electron chi connectivity index (χ1n) is 13.7. The normalized spacial score (nSPS) is 12.1. The molecule has 0 radical (unpaired) electrons. The molecule has 0 aliphatic rings. The van der Waals surface area contributed by atoms with Gasteiger partial charge in [-0.3, -0.25) is 0 Å². The standard InChI is InChI=1S/C34H28Cl2FN3O3S/c1-21(2)44(43)39-31-17-26(12-15-30(31)37)24-8-3-22(4-9-24)7-16-33-38-32(28-14-13-27(35)18-29(28)36)20-40(33)19-23-5-10-25(11-6-23)34(41)42/h3-18,20-21H,19H2,1-2H3,(H,39,43)(H,41,42)/p+1/b16-7+. The van der Waals surface area contributed by atoms with Gasteiger partial charge in [-0.2, -0.15) is 0 Å². The molecule has 0 bridgehead atoms. The lowest BCUT2D eigenvalue weighted by atomic mass is 10.0. The predicted molar refractivity (Wildman–Crippen MR) is 179 cm³/mol. The average Bonchev–Trinajstić information content (AvgIpc) is 3.39. The van der Waals surface area contributed by atoms with Crippen molar-refractivity contribution < 1.29 is 18.5 Å². The molecule has 0 aliphatic heterocycles. The fourth-order valence-corrected chi connectivity index (χ4v) is 5.63. The summed E-state index contributed by atoms with van der Waals surface area (Å²) in [7, 11) is -1.78. The number of rotatable bonds is 10. The first-order chi connectivity index (χ1) is 21.1. The molecule has 5 rings (SSSR count). The van der Waals surface area contributed by atoms with E-state index < -0.39 is 22.8 Å². The molecular formula is C34H29Cl2FN3O3S+. The van der Waals surface area contributed by atoms with Gasteiger partial charge >= 0.3 is 5.97 Å². The molecule has 6 nitrogen and oxygen atoms in total. The van der Waals surface area contributed by atoms with E-state index in [9.17, 15) is 18.5 Å². The Bertz CT molecular complexity index is 1870. The smallest absolute Gasteiger partial charge is 0.335 e. The van der Waals surface area contributed by atoms with Gasteiger partial charge in [-0.1, -0.05) is 76.0 Å². The van der Waals surface area contributed by atoms with Crippen molar-refractivity contribution in [2.45, 2.75) is 25.6 Å². The molecule has 224 valence electrons. The summed E-state index contributed by atoms with van der Waals surface area (Å²) in [6.07, 6.45) is 5.74. The Labute approximate surface area is 267 Å². The summed E-state index contributed by atoms with van der Waals surface area (Å²) < 4.78 is 31.4. The third-order valence-corrected chi connectivity index (χ3v) is 8.85. The van der Waals surface area contributed by atoms with Crippen LogP contribution in [0.5, 0.6) is 0 Å². The predicted octanol–water partition coefficient (Wildman–Crippen LogP) is 9.01. The number of carbonyl (C=O) groups is 1. The number of hydrogen-bond acceptors (Lipinski definition) is 3. The van der Waals surface area contributed by atoms with E-state index in [1.165, 1.54) is 6.07 Å². The van der Waals surface area contributed by atoms with Crippen LogP contribution in [0.2, 0.25) is 10.0 Å². The summed E-state index contributed by atoms with van der Waals surface area (Å²) in [4.78, 5) is 16.1. The molecule has 2 N–H and O–H groups in total. The van der Waals surface area contributed by atoms with Crippen molar-refractivity contribution >= 4 is 58.0 Å². The van der Waals surface area contributed by atoms with Crippen molar-refractivity contribution in [3.63, 3.8) is 0 Å². The van der Waals surface area contributed by atoms with Crippen LogP contribution in [0.3, 0.4) is 0 Å². The van der Waals surface area contributed by atoms with Crippen molar-refractivity contribution in [3.05, 3.63) is 130 Å². The summed E-state index contributed by atoms with van der Waals surface area (Å²) in [5, 5.41) is 10.1. The van der Waals surface area contributed by atoms with Gasteiger partial charge in [-0.25, -0.2) is 18.9 Å². The van der Waals surface area contributed by atoms with Gasteiger partial charge in [0, 0.05) is 23.3 Å². The van der Waals surface area contributed by atoms with E-state index in [1.807, 2.05) is 67.1 Å². The maximum Gasteiger partial charge on any atom is 0.335 e. The van der Waals surface area contributed by atoms with E-state index in [1.54, 1.807) is 48.5 Å². The van der Waals surface area contributed by atoms with E-state index in [-0.39, 0.29) is 16.5 Å². The number of thiol groups is 1. The Morgan fingerprint density at radius 1 is 0.977 bits per heavy atom. The Hall–Kier alpha value is -4.24. The Morgan fingerprint density at radius 3 is 2.34 bits per heavy atom. The van der Waals surface area contributed by atoms with Gasteiger partial charge in [0.15, 0.2) is 16.8 Å². The van der Waals surface area contributed by atoms with Crippen molar-refractivity contribution in [1.29, 1.82) is 0 Å². The Balaban J connectivity index is 1.42. The van der Waals surface area contributed by atoms with Gasteiger partial charge in [-0.05, 0) is 84.6 Å². The number of hydrogen-bond donors (Lipinski definition) is 2. The van der Waals surface area contributed by atoms with Crippen molar-refractivity contribution in [2.75, 3.05) is 4.72 Å². The monoisotopic (exact) mass is 648 g/mol. The molecule has 1 heterocycles. The highest BCUT2D eigenvalue weighted by Gasteiger charge is 2.15. The minimum atomic E-state index is -1.78. The second kappa shape index (κ2) is 13.6. The zero-order valence-corrected chi connectivity index (χ0v) is 26.2. The molecule has 0 saturated heterocycles. The maximum atomic E-state index is 14.4. The average molecular weight is 650 g/mol. The molecule has 0 amide bonds. The minimum absolute atomic E-state index is 0.119. The fraction of sp³-hybridized carbons (Fsp3) is 0.118. The molecule has 0 aliphatic carbocycles. The number of benzene rings is 4. The van der Waals surface area contributed by atoms with Gasteiger partial charge in [0.1, 0.15) is 16.8 Å². The van der Waals surface area contributed by atoms with Crippen LogP contribution in [-0.2, 0) is 21.7 Å². The molecule has 0 fully saturated rings. The lowest BCUT2D eigenvalue weighted by Gasteiger charge is -2.08. The molecule has 0 spiro atoms. The van der Waals surface area contributed by atoms with Crippen molar-refractivity contribution in [2.24, 2.45) is 0 Å². The summed E-state index contributed by atoms with van der Waals surface area (Å²) in [6.45, 7) is 4.09. The van der Waals surface area contributed by atoms with Crippen LogP contribution in [0.4, 0.5) is 10.1 Å². The number of halogens is 3. The van der Waals surface area contributed by atoms with Crippen molar-refractivity contribution in [3.8, 4) is 22.4 Å². The maximum absolute atomic E-state index is 14.4. The number of anilines is 1. The molecule has 10 heteroatoms. The molecular weight excluding hydrogens is 620 g/mol. The number of carboxylic acid groups (broad SMARTS) is 1. The molecule has 1 atom stereocenters. The first-order valence-corrected chi connectivity index (χ1v) is 15.8. The molecule has 44 heavy (non-hydrogen) atoms. The molecule has 5 aromatic rings. The molecule has 1 aromatic heterocycles. The first kappa shape index (κ1) is 31.2. The number of imidazole rings is 1. The summed E-state index contributed by atoms with van der Waals surface area (Å²) in [5.74, 6) is -0.760. The largest absolute Gasteiger partial charge is 0.478 e. The topological polar surface area (TPSA) is 84.2 Å². The lowest BCUT2D eigenvalue weighted by molar-refractivity contribution is 0.0697. The van der Waals surface area contributed by atoms with Crippen LogP contribution in [0.1, 0.15) is 41.2 Å². The van der Waals surface area contributed by atoms with Crippen LogP contribution in [0.25, 0.3) is 34.5 Å².